The average Bonchev–Trinajstić information content (AvgIpc) is 3.02. The molecular formula is C12H16NO4P. The van der Waals surface area contributed by atoms with Crippen molar-refractivity contribution in [3.05, 3.63) is 6.07 Å². The van der Waals surface area contributed by atoms with Crippen molar-refractivity contribution in [2.24, 2.45) is 0 Å². The predicted molar refractivity (Wildman–Crippen MR) is 69.6 cm³/mol. The van der Waals surface area contributed by atoms with Gasteiger partial charge in [-0.1, -0.05) is 13.8 Å². The van der Waals surface area contributed by atoms with E-state index < -0.39 is 0 Å². The number of fused-ring (bicyclic) bond motifs is 2. The number of hydrogen-bond acceptors (Lipinski definition) is 5. The highest BCUT2D eigenvalue weighted by molar-refractivity contribution is 7.45. The molecule has 0 aliphatic carbocycles. The van der Waals surface area contributed by atoms with Crippen LogP contribution in [0.25, 0.3) is 0 Å². The van der Waals surface area contributed by atoms with E-state index in [1.165, 1.54) is 0 Å². The summed E-state index contributed by atoms with van der Waals surface area (Å²) in [6, 6.07) is 1.85. The van der Waals surface area contributed by atoms with Gasteiger partial charge >= 0.3 is 0 Å². The molecule has 0 saturated carbocycles. The van der Waals surface area contributed by atoms with E-state index in [0.29, 0.717) is 8.73 Å². The van der Waals surface area contributed by atoms with Gasteiger partial charge < -0.3 is 18.9 Å². The maximum Gasteiger partial charge on any atom is 0.231 e. The van der Waals surface area contributed by atoms with Crippen molar-refractivity contribution < 1.29 is 18.9 Å². The Morgan fingerprint density at radius 3 is 2.06 bits per heavy atom. The number of hydrogen-bond donors (Lipinski definition) is 0. The summed E-state index contributed by atoms with van der Waals surface area (Å²) in [4.78, 5) is 0. The summed E-state index contributed by atoms with van der Waals surface area (Å²) < 4.78 is 24.3. The molecule has 1 atom stereocenters. The zero-order valence-electron chi connectivity index (χ0n) is 10.5. The summed E-state index contributed by atoms with van der Waals surface area (Å²) in [6.45, 7) is 6.83. The Hall–Kier alpha value is -1.19. The third-order valence-electron chi connectivity index (χ3n) is 3.03. The van der Waals surface area contributed by atoms with Gasteiger partial charge in [0, 0.05) is 6.07 Å². The molecule has 5 nitrogen and oxygen atoms in total. The second-order valence-corrected chi connectivity index (χ2v) is 5.36. The molecule has 1 unspecified atom stereocenters. The minimum atomic E-state index is 0.272. The van der Waals surface area contributed by atoms with E-state index in [9.17, 15) is 0 Å². The van der Waals surface area contributed by atoms with Gasteiger partial charge in [-0.05, 0) is 21.8 Å². The summed E-state index contributed by atoms with van der Waals surface area (Å²) >= 11 is 0. The Labute approximate surface area is 108 Å². The van der Waals surface area contributed by atoms with Crippen LogP contribution in [0.5, 0.6) is 23.0 Å². The van der Waals surface area contributed by atoms with Crippen LogP contribution in [-0.2, 0) is 0 Å². The number of benzene rings is 1. The normalized spacial score (nSPS) is 16.2. The second-order valence-electron chi connectivity index (χ2n) is 4.00. The lowest BCUT2D eigenvalue weighted by atomic mass is 10.3. The van der Waals surface area contributed by atoms with Gasteiger partial charge in [0.1, 0.15) is 0 Å². The van der Waals surface area contributed by atoms with E-state index in [1.807, 2.05) is 6.07 Å². The average molecular weight is 269 g/mol. The third kappa shape index (κ3) is 1.88. The molecule has 98 valence electrons. The summed E-state index contributed by atoms with van der Waals surface area (Å²) in [5.41, 5.74) is 0. The summed E-state index contributed by atoms with van der Waals surface area (Å²) in [7, 11) is 0.503. The van der Waals surface area contributed by atoms with Gasteiger partial charge in [-0.25, -0.2) is 0 Å². The third-order valence-corrected chi connectivity index (χ3v) is 4.66. The van der Waals surface area contributed by atoms with Crippen LogP contribution in [0.4, 0.5) is 0 Å². The van der Waals surface area contributed by atoms with Gasteiger partial charge in [-0.2, -0.15) is 0 Å². The van der Waals surface area contributed by atoms with E-state index in [1.54, 1.807) is 0 Å². The highest BCUT2D eigenvalue weighted by Gasteiger charge is 2.29. The molecule has 0 bridgehead atoms. The lowest BCUT2D eigenvalue weighted by Gasteiger charge is -2.19. The molecule has 18 heavy (non-hydrogen) atoms. The zero-order chi connectivity index (χ0) is 12.5. The predicted octanol–water partition coefficient (Wildman–Crippen LogP) is 1.70. The molecule has 0 amide bonds. The molecule has 2 aliphatic heterocycles. The molecule has 1 aromatic carbocycles. The largest absolute Gasteiger partial charge is 0.453 e. The monoisotopic (exact) mass is 269 g/mol. The molecule has 0 saturated heterocycles. The summed E-state index contributed by atoms with van der Waals surface area (Å²) in [6.07, 6.45) is 0. The van der Waals surface area contributed by atoms with Gasteiger partial charge in [-0.15, -0.1) is 0 Å². The Morgan fingerprint density at radius 1 is 1.00 bits per heavy atom. The van der Waals surface area contributed by atoms with E-state index in [-0.39, 0.29) is 13.6 Å². The molecular weight excluding hydrogens is 253 g/mol. The molecule has 2 aliphatic rings. The number of rotatable bonds is 4. The summed E-state index contributed by atoms with van der Waals surface area (Å²) in [5.74, 6) is 3.14. The molecule has 0 N–H and O–H groups in total. The molecule has 6 heteroatoms. The van der Waals surface area contributed by atoms with Crippen molar-refractivity contribution in [1.29, 1.82) is 0 Å². The first-order chi connectivity index (χ1) is 8.83. The zero-order valence-corrected chi connectivity index (χ0v) is 11.5. The van der Waals surface area contributed by atoms with Gasteiger partial charge in [-0.3, -0.25) is 4.67 Å². The lowest BCUT2D eigenvalue weighted by molar-refractivity contribution is 0.167. The molecule has 0 aromatic heterocycles. The van der Waals surface area contributed by atoms with Crippen molar-refractivity contribution in [3.8, 4) is 23.0 Å². The van der Waals surface area contributed by atoms with Gasteiger partial charge in [0.25, 0.3) is 0 Å². The topological polar surface area (TPSA) is 40.2 Å². The van der Waals surface area contributed by atoms with Crippen LogP contribution >= 0.6 is 8.73 Å². The van der Waals surface area contributed by atoms with Crippen LogP contribution < -0.4 is 24.3 Å². The van der Waals surface area contributed by atoms with Crippen molar-refractivity contribution in [1.82, 2.24) is 4.67 Å². The Morgan fingerprint density at radius 2 is 1.56 bits per heavy atom. The Bertz CT molecular complexity index is 430. The van der Waals surface area contributed by atoms with Crippen LogP contribution in [0.3, 0.4) is 0 Å². The standard InChI is InChI=1S/C12H16NO4P/c1-3-13(4-2)18-12-10-8(14-6-16-10)5-9-11(12)17-7-15-9/h5,18H,3-4,6-7H2,1-2H3. The molecule has 0 radical (unpaired) electrons. The van der Waals surface area contributed by atoms with Crippen molar-refractivity contribution in [3.63, 3.8) is 0 Å². The Kier molecular flexibility index (Phi) is 3.18. The quantitative estimate of drug-likeness (QED) is 0.778. The maximum absolute atomic E-state index is 5.57. The fourth-order valence-corrected chi connectivity index (χ4v) is 3.27. The van der Waals surface area contributed by atoms with Crippen LogP contribution in [0.1, 0.15) is 13.8 Å². The highest BCUT2D eigenvalue weighted by atomic mass is 31.1. The van der Waals surface area contributed by atoms with E-state index in [4.69, 9.17) is 18.9 Å². The van der Waals surface area contributed by atoms with Crippen molar-refractivity contribution >= 4 is 14.0 Å². The molecule has 0 spiro atoms. The Balaban J connectivity index is 2.01. The van der Waals surface area contributed by atoms with E-state index in [0.717, 1.165) is 41.4 Å². The van der Waals surface area contributed by atoms with Crippen molar-refractivity contribution in [2.45, 2.75) is 13.8 Å². The van der Waals surface area contributed by atoms with Crippen molar-refractivity contribution in [2.75, 3.05) is 26.7 Å². The van der Waals surface area contributed by atoms with Gasteiger partial charge in [0.15, 0.2) is 23.0 Å². The minimum absolute atomic E-state index is 0.272. The minimum Gasteiger partial charge on any atom is -0.453 e. The fraction of sp³-hybridized carbons (Fsp3) is 0.500. The van der Waals surface area contributed by atoms with E-state index >= 15 is 0 Å². The molecule has 3 rings (SSSR count). The van der Waals surface area contributed by atoms with Crippen LogP contribution in [0.15, 0.2) is 6.07 Å². The smallest absolute Gasteiger partial charge is 0.231 e. The first kappa shape index (κ1) is 11.9. The van der Waals surface area contributed by atoms with Gasteiger partial charge in [0.05, 0.1) is 5.30 Å². The number of nitrogens with zero attached hydrogens (tertiary/aromatic N) is 1. The van der Waals surface area contributed by atoms with Gasteiger partial charge in [0.2, 0.25) is 13.6 Å². The molecule has 0 fully saturated rings. The summed E-state index contributed by atoms with van der Waals surface area (Å²) in [5, 5.41) is 1.06. The fourth-order valence-electron chi connectivity index (χ4n) is 2.05. The second kappa shape index (κ2) is 4.82. The number of ether oxygens (including phenoxy) is 4. The molecule has 2 heterocycles. The van der Waals surface area contributed by atoms with E-state index in [2.05, 4.69) is 18.5 Å². The van der Waals surface area contributed by atoms with Crippen LogP contribution in [0.2, 0.25) is 0 Å². The highest BCUT2D eigenvalue weighted by Crippen LogP contribution is 2.46. The SMILES string of the molecule is CCN(CC)Pc1c2c(cc3c1OCO3)OCO2. The first-order valence-corrected chi connectivity index (χ1v) is 7.02. The maximum atomic E-state index is 5.57. The molecule has 1 aromatic rings. The van der Waals surface area contributed by atoms with Crippen LogP contribution in [0, 0.1) is 0 Å². The van der Waals surface area contributed by atoms with Crippen LogP contribution in [-0.4, -0.2) is 31.3 Å². The first-order valence-electron chi connectivity index (χ1n) is 6.07. The lowest BCUT2D eigenvalue weighted by Crippen LogP contribution is -2.17.